The van der Waals surface area contributed by atoms with E-state index in [1.807, 2.05) is 7.11 Å². The number of ether oxygens (including phenoxy) is 1. The molecule has 140 valence electrons. The Kier molecular flexibility index (Phi) is 4.25. The molecule has 0 unspecified atom stereocenters. The van der Waals surface area contributed by atoms with Gasteiger partial charge >= 0.3 is 0 Å². The highest BCUT2D eigenvalue weighted by Gasteiger charge is 2.64. The average Bonchev–Trinajstić information content (AvgIpc) is 2.91. The molecule has 10 atom stereocenters. The number of rotatable bonds is 1. The van der Waals surface area contributed by atoms with Crippen LogP contribution in [0.3, 0.4) is 0 Å². The van der Waals surface area contributed by atoms with E-state index in [0.717, 1.165) is 25.7 Å². The second-order valence-corrected chi connectivity index (χ2v) is 10.3. The maximum atomic E-state index is 10.4. The molecule has 0 aromatic rings. The largest absolute Gasteiger partial charge is 0.393 e. The molecule has 0 heterocycles. The lowest BCUT2D eigenvalue weighted by Crippen LogP contribution is -2.60. The molecule has 3 nitrogen and oxygen atoms in total. The minimum atomic E-state index is -0.126. The molecule has 3 heteroatoms. The molecule has 4 saturated carbocycles. The van der Waals surface area contributed by atoms with Crippen molar-refractivity contribution >= 4 is 0 Å². The van der Waals surface area contributed by atoms with Crippen LogP contribution in [0.2, 0.25) is 0 Å². The van der Waals surface area contributed by atoms with Gasteiger partial charge in [0.05, 0.1) is 24.2 Å². The fraction of sp³-hybridized carbons (Fsp3) is 0.955. The van der Waals surface area contributed by atoms with Gasteiger partial charge in [0.25, 0.3) is 0 Å². The van der Waals surface area contributed by atoms with Crippen molar-refractivity contribution in [3.63, 3.8) is 0 Å². The average molecular weight is 346 g/mol. The second kappa shape index (κ2) is 5.96. The van der Waals surface area contributed by atoms with Crippen molar-refractivity contribution < 1.29 is 9.84 Å². The van der Waals surface area contributed by atoms with Crippen molar-refractivity contribution in [1.82, 2.24) is 0 Å². The lowest BCUT2D eigenvalue weighted by molar-refractivity contribution is -0.191. The van der Waals surface area contributed by atoms with Gasteiger partial charge in [-0.05, 0) is 85.4 Å². The molecule has 4 fully saturated rings. The Bertz CT molecular complexity index is 571. The van der Waals surface area contributed by atoms with Gasteiger partial charge in [-0.1, -0.05) is 20.8 Å². The summed E-state index contributed by atoms with van der Waals surface area (Å²) >= 11 is 0. The Labute approximate surface area is 153 Å². The molecular formula is C22H35NO2. The van der Waals surface area contributed by atoms with Gasteiger partial charge in [0, 0.05) is 7.11 Å². The summed E-state index contributed by atoms with van der Waals surface area (Å²) in [5.41, 5.74) is 0.424. The first-order chi connectivity index (χ1) is 11.8. The van der Waals surface area contributed by atoms with Crippen molar-refractivity contribution in [3.05, 3.63) is 0 Å². The van der Waals surface area contributed by atoms with Gasteiger partial charge in [-0.15, -0.1) is 0 Å². The number of nitrogens with zero attached hydrogens (tertiary/aromatic N) is 1. The number of methoxy groups -OCH3 is 1. The predicted octanol–water partition coefficient (Wildman–Crippen LogP) is 4.40. The second-order valence-electron chi connectivity index (χ2n) is 10.3. The molecule has 25 heavy (non-hydrogen) atoms. The van der Waals surface area contributed by atoms with E-state index >= 15 is 0 Å². The van der Waals surface area contributed by atoms with E-state index in [1.165, 1.54) is 19.3 Å². The van der Waals surface area contributed by atoms with Gasteiger partial charge in [0.15, 0.2) is 0 Å². The summed E-state index contributed by atoms with van der Waals surface area (Å²) in [6.45, 7) is 7.11. The summed E-state index contributed by atoms with van der Waals surface area (Å²) in [4.78, 5) is 0. The standard InChI is InChI=1S/C22H35NO2/c1-13-10-22(3)14(9-18(13)24)5-7-16-17-8-6-15(12-23)21(17,2)11-19(25-4)20(16)22/h13-20,24H,5-11H2,1-4H3/t13-,14-,15+,16-,17-,18-,19-,20+,21+,22-/m0/s1. The monoisotopic (exact) mass is 345 g/mol. The van der Waals surface area contributed by atoms with E-state index in [-0.39, 0.29) is 29.0 Å². The van der Waals surface area contributed by atoms with E-state index in [1.54, 1.807) is 0 Å². The van der Waals surface area contributed by atoms with Crippen molar-refractivity contribution in [2.24, 2.45) is 46.3 Å². The minimum Gasteiger partial charge on any atom is -0.393 e. The quantitative estimate of drug-likeness (QED) is 0.766. The third-order valence-corrected chi connectivity index (χ3v) is 9.37. The normalized spacial score (nSPS) is 57.9. The molecule has 1 N–H and O–H groups in total. The maximum Gasteiger partial charge on any atom is 0.0661 e. The van der Waals surface area contributed by atoms with Crippen molar-refractivity contribution in [2.75, 3.05) is 7.11 Å². The predicted molar refractivity (Wildman–Crippen MR) is 97.6 cm³/mol. The van der Waals surface area contributed by atoms with E-state index in [0.29, 0.717) is 29.6 Å². The zero-order chi connectivity index (χ0) is 18.0. The Morgan fingerprint density at radius 2 is 1.84 bits per heavy atom. The molecular weight excluding hydrogens is 310 g/mol. The van der Waals surface area contributed by atoms with Crippen LogP contribution in [0.5, 0.6) is 0 Å². The van der Waals surface area contributed by atoms with Gasteiger partial charge in [-0.2, -0.15) is 5.26 Å². The number of hydrogen-bond donors (Lipinski definition) is 1. The Balaban J connectivity index is 1.71. The number of hydrogen-bond acceptors (Lipinski definition) is 3. The van der Waals surface area contributed by atoms with Crippen LogP contribution >= 0.6 is 0 Å². The smallest absolute Gasteiger partial charge is 0.0661 e. The fourth-order valence-corrected chi connectivity index (χ4v) is 8.12. The maximum absolute atomic E-state index is 10.4. The Hall–Kier alpha value is -0.590. The highest BCUT2D eigenvalue weighted by molar-refractivity contribution is 5.15. The lowest BCUT2D eigenvalue weighted by Gasteiger charge is -2.63. The highest BCUT2D eigenvalue weighted by Crippen LogP contribution is 2.68. The first-order valence-electron chi connectivity index (χ1n) is 10.5. The van der Waals surface area contributed by atoms with Crippen LogP contribution in [0, 0.1) is 57.7 Å². The van der Waals surface area contributed by atoms with Gasteiger partial charge in [0.1, 0.15) is 0 Å². The van der Waals surface area contributed by atoms with Gasteiger partial charge < -0.3 is 9.84 Å². The molecule has 0 amide bonds. The van der Waals surface area contributed by atoms with E-state index in [9.17, 15) is 10.4 Å². The number of nitriles is 1. The number of fused-ring (bicyclic) bond motifs is 5. The summed E-state index contributed by atoms with van der Waals surface area (Å²) in [7, 11) is 1.88. The van der Waals surface area contributed by atoms with Gasteiger partial charge in [0.2, 0.25) is 0 Å². The molecule has 0 bridgehead atoms. The topological polar surface area (TPSA) is 53.2 Å². The summed E-state index contributed by atoms with van der Waals surface area (Å²) < 4.78 is 6.13. The van der Waals surface area contributed by atoms with Crippen LogP contribution in [-0.2, 0) is 4.74 Å². The van der Waals surface area contributed by atoms with Crippen LogP contribution in [0.1, 0.15) is 65.7 Å². The molecule has 0 aliphatic heterocycles. The Morgan fingerprint density at radius 3 is 2.52 bits per heavy atom. The molecule has 0 aromatic carbocycles. The third kappa shape index (κ3) is 2.36. The summed E-state index contributed by atoms with van der Waals surface area (Å²) in [6, 6.07) is 2.63. The first-order valence-corrected chi connectivity index (χ1v) is 10.5. The highest BCUT2D eigenvalue weighted by atomic mass is 16.5. The fourth-order valence-electron chi connectivity index (χ4n) is 8.12. The van der Waals surface area contributed by atoms with Crippen molar-refractivity contribution in [3.8, 4) is 6.07 Å². The van der Waals surface area contributed by atoms with Crippen molar-refractivity contribution in [2.45, 2.75) is 77.9 Å². The number of aliphatic hydroxyl groups is 1. The van der Waals surface area contributed by atoms with Gasteiger partial charge in [-0.3, -0.25) is 0 Å². The summed E-state index contributed by atoms with van der Waals surface area (Å²) in [6.07, 6.45) is 8.12. The zero-order valence-electron chi connectivity index (χ0n) is 16.4. The van der Waals surface area contributed by atoms with Crippen LogP contribution in [-0.4, -0.2) is 24.4 Å². The van der Waals surface area contributed by atoms with E-state index < -0.39 is 0 Å². The molecule has 4 aliphatic rings. The van der Waals surface area contributed by atoms with Crippen LogP contribution < -0.4 is 0 Å². The minimum absolute atomic E-state index is 0.126. The summed E-state index contributed by atoms with van der Waals surface area (Å²) in [5, 5.41) is 20.1. The first kappa shape index (κ1) is 17.8. The molecule has 0 radical (unpaired) electrons. The molecule has 0 saturated heterocycles. The summed E-state index contributed by atoms with van der Waals surface area (Å²) in [5.74, 6) is 3.21. The van der Waals surface area contributed by atoms with Crippen LogP contribution in [0.25, 0.3) is 0 Å². The molecule has 4 rings (SSSR count). The third-order valence-electron chi connectivity index (χ3n) is 9.37. The van der Waals surface area contributed by atoms with Crippen LogP contribution in [0.4, 0.5) is 0 Å². The van der Waals surface area contributed by atoms with E-state index in [4.69, 9.17) is 4.74 Å². The molecule has 4 aliphatic carbocycles. The van der Waals surface area contributed by atoms with Crippen molar-refractivity contribution in [1.29, 1.82) is 5.26 Å². The number of aliphatic hydroxyl groups excluding tert-OH is 1. The zero-order valence-corrected chi connectivity index (χ0v) is 16.4. The molecule has 0 spiro atoms. The SMILES string of the molecule is CO[C@H]1C[C@]2(C)[C@@H](C#N)CC[C@H]2[C@@H]2CC[C@H]3C[C@H](O)[C@@H](C)C[C@]3(C)[C@H]21. The van der Waals surface area contributed by atoms with Crippen LogP contribution in [0.15, 0.2) is 0 Å². The lowest BCUT2D eigenvalue weighted by atomic mass is 9.43. The Morgan fingerprint density at radius 1 is 1.08 bits per heavy atom. The van der Waals surface area contributed by atoms with E-state index in [2.05, 4.69) is 26.8 Å². The van der Waals surface area contributed by atoms with Gasteiger partial charge in [-0.25, -0.2) is 0 Å². The molecule has 0 aromatic heterocycles.